The fourth-order valence-electron chi connectivity index (χ4n) is 1.36. The van der Waals surface area contributed by atoms with Crippen molar-refractivity contribution in [1.82, 2.24) is 10.3 Å². The van der Waals surface area contributed by atoms with Crippen molar-refractivity contribution in [2.75, 3.05) is 0 Å². The number of carbonyl (C=O) groups excluding carboxylic acids is 1. The summed E-state index contributed by atoms with van der Waals surface area (Å²) in [5.41, 5.74) is 0.662. The number of aryl methyl sites for hydroxylation is 1. The smallest absolute Gasteiger partial charge is 0.278 e. The number of oxazole rings is 1. The lowest BCUT2D eigenvalue weighted by Gasteiger charge is -2.05. The quantitative estimate of drug-likeness (QED) is 0.645. The maximum absolute atomic E-state index is 11.7. The molecule has 0 unspecified atom stereocenters. The van der Waals surface area contributed by atoms with Crippen LogP contribution >= 0.6 is 11.6 Å². The van der Waals surface area contributed by atoms with Crippen LogP contribution in [0.15, 0.2) is 34.9 Å². The van der Waals surface area contributed by atoms with E-state index in [9.17, 15) is 4.79 Å². The third-order valence-corrected chi connectivity index (χ3v) is 2.44. The van der Waals surface area contributed by atoms with E-state index in [1.54, 1.807) is 31.2 Å². The number of carbonyl (C=O) groups is 1. The molecule has 1 aromatic carbocycles. The van der Waals surface area contributed by atoms with Crippen LogP contribution in [-0.2, 0) is 0 Å². The molecule has 92 valence electrons. The number of nitrogens with zero attached hydrogens (tertiary/aromatic N) is 1. The Labute approximate surface area is 108 Å². The normalized spacial score (nSPS) is 10.1. The summed E-state index contributed by atoms with van der Waals surface area (Å²) in [6.45, 7) is 1.64. The summed E-state index contributed by atoms with van der Waals surface area (Å²) < 4.78 is 4.93. The van der Waals surface area contributed by atoms with Gasteiger partial charge in [-0.2, -0.15) is 0 Å². The van der Waals surface area contributed by atoms with Gasteiger partial charge in [0, 0.05) is 17.5 Å². The van der Waals surface area contributed by atoms with Crippen molar-refractivity contribution in [3.63, 3.8) is 0 Å². The van der Waals surface area contributed by atoms with Crippen LogP contribution in [0, 0.1) is 12.3 Å². The van der Waals surface area contributed by atoms with Crippen molar-refractivity contribution in [3.05, 3.63) is 52.7 Å². The molecule has 5 nitrogen and oxygen atoms in total. The summed E-state index contributed by atoms with van der Waals surface area (Å²) >= 11 is 5.81. The van der Waals surface area contributed by atoms with Gasteiger partial charge in [0.15, 0.2) is 11.6 Å². The van der Waals surface area contributed by atoms with E-state index >= 15 is 0 Å². The molecule has 2 rings (SSSR count). The summed E-state index contributed by atoms with van der Waals surface area (Å²) in [5.74, 6) is -0.130. The van der Waals surface area contributed by atoms with E-state index in [2.05, 4.69) is 10.3 Å². The zero-order valence-electron chi connectivity index (χ0n) is 9.53. The Morgan fingerprint density at radius 1 is 1.50 bits per heavy atom. The highest BCUT2D eigenvalue weighted by molar-refractivity contribution is 6.31. The zero-order chi connectivity index (χ0) is 13.1. The number of nitrogens with one attached hydrogen (secondary N) is 2. The predicted octanol–water partition coefficient (Wildman–Crippen LogP) is 2.39. The Bertz CT molecular complexity index is 607. The lowest BCUT2D eigenvalue weighted by atomic mass is 10.2. The Balaban J connectivity index is 2.10. The van der Waals surface area contributed by atoms with Crippen molar-refractivity contribution in [2.45, 2.75) is 6.92 Å². The van der Waals surface area contributed by atoms with Gasteiger partial charge in [0.1, 0.15) is 12.1 Å². The lowest BCUT2D eigenvalue weighted by Crippen LogP contribution is -2.30. The van der Waals surface area contributed by atoms with Crippen LogP contribution in [0.1, 0.15) is 21.9 Å². The molecule has 0 saturated heterocycles. The molecular formula is C12H10ClN3O2. The number of aromatic nitrogens is 1. The molecule has 0 fully saturated rings. The van der Waals surface area contributed by atoms with Crippen LogP contribution < -0.4 is 5.32 Å². The Kier molecular flexibility index (Phi) is 3.43. The molecule has 2 N–H and O–H groups in total. The standard InChI is InChI=1S/C12H10ClN3O2/c1-7-15-10(6-18-7)12(17)16-11(14)8-3-2-4-9(13)5-8/h2-6H,1H3,(H2,14,16,17). The van der Waals surface area contributed by atoms with E-state index in [0.717, 1.165) is 0 Å². The molecule has 0 aliphatic rings. The molecule has 0 saturated carbocycles. The molecule has 0 radical (unpaired) electrons. The average molecular weight is 264 g/mol. The summed E-state index contributed by atoms with van der Waals surface area (Å²) in [4.78, 5) is 15.6. The number of halogens is 1. The topological polar surface area (TPSA) is 79.0 Å². The van der Waals surface area contributed by atoms with Crippen LogP contribution in [0.4, 0.5) is 0 Å². The molecule has 0 atom stereocenters. The number of hydrogen-bond donors (Lipinski definition) is 2. The van der Waals surface area contributed by atoms with Crippen LogP contribution in [0.2, 0.25) is 5.02 Å². The molecule has 6 heteroatoms. The van der Waals surface area contributed by atoms with Crippen molar-refractivity contribution in [2.24, 2.45) is 0 Å². The van der Waals surface area contributed by atoms with Gasteiger partial charge in [0.05, 0.1) is 0 Å². The zero-order valence-corrected chi connectivity index (χ0v) is 10.3. The van der Waals surface area contributed by atoms with Gasteiger partial charge < -0.3 is 9.73 Å². The highest BCUT2D eigenvalue weighted by atomic mass is 35.5. The summed E-state index contributed by atoms with van der Waals surface area (Å²) in [6, 6.07) is 6.68. The van der Waals surface area contributed by atoms with Gasteiger partial charge in [-0.25, -0.2) is 4.98 Å². The van der Waals surface area contributed by atoms with Crippen molar-refractivity contribution in [3.8, 4) is 0 Å². The van der Waals surface area contributed by atoms with E-state index in [1.165, 1.54) is 6.26 Å². The maximum atomic E-state index is 11.7. The molecule has 0 aliphatic heterocycles. The monoisotopic (exact) mass is 263 g/mol. The number of benzene rings is 1. The van der Waals surface area contributed by atoms with Gasteiger partial charge in [-0.05, 0) is 12.1 Å². The number of amidine groups is 1. The van der Waals surface area contributed by atoms with Gasteiger partial charge in [-0.15, -0.1) is 0 Å². The van der Waals surface area contributed by atoms with E-state index in [1.807, 2.05) is 0 Å². The van der Waals surface area contributed by atoms with E-state index in [0.29, 0.717) is 16.5 Å². The fourth-order valence-corrected chi connectivity index (χ4v) is 1.55. The molecule has 1 amide bonds. The molecule has 2 aromatic rings. The SMILES string of the molecule is Cc1nc(C(=O)NC(=N)c2cccc(Cl)c2)co1. The van der Waals surface area contributed by atoms with Crippen molar-refractivity contribution < 1.29 is 9.21 Å². The maximum Gasteiger partial charge on any atom is 0.278 e. The molecule has 1 aromatic heterocycles. The van der Waals surface area contributed by atoms with Gasteiger partial charge in [0.2, 0.25) is 0 Å². The van der Waals surface area contributed by atoms with Crippen LogP contribution in [0.5, 0.6) is 0 Å². The summed E-state index contributed by atoms with van der Waals surface area (Å²) in [5, 5.41) is 10.7. The van der Waals surface area contributed by atoms with Crippen molar-refractivity contribution in [1.29, 1.82) is 5.41 Å². The van der Waals surface area contributed by atoms with Crippen LogP contribution in [0.25, 0.3) is 0 Å². The largest absolute Gasteiger partial charge is 0.448 e. The predicted molar refractivity (Wildman–Crippen MR) is 67.0 cm³/mol. The minimum atomic E-state index is -0.489. The Hall–Kier alpha value is -2.14. The fraction of sp³-hybridized carbons (Fsp3) is 0.0833. The number of amides is 1. The van der Waals surface area contributed by atoms with E-state index in [-0.39, 0.29) is 11.5 Å². The molecular weight excluding hydrogens is 254 g/mol. The molecule has 0 bridgehead atoms. The number of rotatable bonds is 2. The summed E-state index contributed by atoms with van der Waals surface area (Å²) in [6.07, 6.45) is 1.25. The van der Waals surface area contributed by atoms with Gasteiger partial charge >= 0.3 is 0 Å². The molecule has 1 heterocycles. The first-order valence-corrected chi connectivity index (χ1v) is 5.52. The second-order valence-corrected chi connectivity index (χ2v) is 4.03. The Morgan fingerprint density at radius 2 is 2.28 bits per heavy atom. The average Bonchev–Trinajstić information content (AvgIpc) is 2.76. The van der Waals surface area contributed by atoms with Gasteiger partial charge in [0.25, 0.3) is 5.91 Å². The van der Waals surface area contributed by atoms with E-state index < -0.39 is 5.91 Å². The Morgan fingerprint density at radius 3 is 2.89 bits per heavy atom. The minimum absolute atomic E-state index is 0.0387. The van der Waals surface area contributed by atoms with Crippen molar-refractivity contribution >= 4 is 23.3 Å². The third-order valence-electron chi connectivity index (χ3n) is 2.20. The molecule has 0 spiro atoms. The van der Waals surface area contributed by atoms with Crippen LogP contribution in [-0.4, -0.2) is 16.7 Å². The van der Waals surface area contributed by atoms with Gasteiger partial charge in [-0.3, -0.25) is 10.2 Å². The third kappa shape index (κ3) is 2.75. The van der Waals surface area contributed by atoms with Gasteiger partial charge in [-0.1, -0.05) is 23.7 Å². The highest BCUT2D eigenvalue weighted by Crippen LogP contribution is 2.10. The first-order valence-electron chi connectivity index (χ1n) is 5.14. The lowest BCUT2D eigenvalue weighted by molar-refractivity contribution is 0.0972. The first-order chi connectivity index (χ1) is 8.56. The second kappa shape index (κ2) is 5.01. The second-order valence-electron chi connectivity index (χ2n) is 3.59. The summed E-state index contributed by atoms with van der Waals surface area (Å²) in [7, 11) is 0. The van der Waals surface area contributed by atoms with Crippen LogP contribution in [0.3, 0.4) is 0 Å². The molecule has 18 heavy (non-hydrogen) atoms. The highest BCUT2D eigenvalue weighted by Gasteiger charge is 2.13. The first kappa shape index (κ1) is 12.3. The van der Waals surface area contributed by atoms with E-state index in [4.69, 9.17) is 21.4 Å². The molecule has 0 aliphatic carbocycles. The minimum Gasteiger partial charge on any atom is -0.448 e. The number of hydrogen-bond acceptors (Lipinski definition) is 4.